The summed E-state index contributed by atoms with van der Waals surface area (Å²) < 4.78 is 0. The minimum atomic E-state index is -0.760. The number of carboxylic acids is 1. The summed E-state index contributed by atoms with van der Waals surface area (Å²) in [5.41, 5.74) is 1.54. The zero-order valence-electron chi connectivity index (χ0n) is 10.2. The molecule has 0 spiro atoms. The second kappa shape index (κ2) is 5.65. The quantitative estimate of drug-likeness (QED) is 0.883. The van der Waals surface area contributed by atoms with Gasteiger partial charge in [0, 0.05) is 6.54 Å². The largest absolute Gasteiger partial charge is 0.480 e. The minimum Gasteiger partial charge on any atom is -0.480 e. The summed E-state index contributed by atoms with van der Waals surface area (Å²) in [5, 5.41) is 18.2. The third kappa shape index (κ3) is 2.69. The van der Waals surface area contributed by atoms with Crippen molar-refractivity contribution in [3.05, 3.63) is 35.4 Å². The number of hydrogen-bond donors (Lipinski definition) is 1. The SMILES string of the molecule is N#Cc1ccccc1CN1CCCC[C@@H]1C(=O)O. The fourth-order valence-corrected chi connectivity index (χ4v) is 2.45. The van der Waals surface area contributed by atoms with Crippen molar-refractivity contribution in [3.63, 3.8) is 0 Å². The van der Waals surface area contributed by atoms with E-state index in [4.69, 9.17) is 5.26 Å². The van der Waals surface area contributed by atoms with Crippen LogP contribution in [-0.4, -0.2) is 28.6 Å². The van der Waals surface area contributed by atoms with Crippen molar-refractivity contribution < 1.29 is 9.90 Å². The maximum absolute atomic E-state index is 11.2. The van der Waals surface area contributed by atoms with Gasteiger partial charge in [-0.1, -0.05) is 24.6 Å². The number of aliphatic carboxylic acids is 1. The highest BCUT2D eigenvalue weighted by atomic mass is 16.4. The highest BCUT2D eigenvalue weighted by Gasteiger charge is 2.28. The number of hydrogen-bond acceptors (Lipinski definition) is 3. The van der Waals surface area contributed by atoms with Crippen LogP contribution in [0, 0.1) is 11.3 Å². The van der Waals surface area contributed by atoms with Gasteiger partial charge in [-0.25, -0.2) is 0 Å². The molecule has 94 valence electrons. The van der Waals surface area contributed by atoms with Crippen LogP contribution in [0.25, 0.3) is 0 Å². The van der Waals surface area contributed by atoms with Gasteiger partial charge in [0.05, 0.1) is 11.6 Å². The number of carboxylic acid groups (broad SMARTS) is 1. The fourth-order valence-electron chi connectivity index (χ4n) is 2.45. The van der Waals surface area contributed by atoms with Crippen LogP contribution in [0.15, 0.2) is 24.3 Å². The number of likely N-dealkylation sites (tertiary alicyclic amines) is 1. The fraction of sp³-hybridized carbons (Fsp3) is 0.429. The Bertz CT molecular complexity index is 479. The Hall–Kier alpha value is -1.86. The van der Waals surface area contributed by atoms with E-state index in [0.29, 0.717) is 18.5 Å². The maximum atomic E-state index is 11.2. The summed E-state index contributed by atoms with van der Waals surface area (Å²) in [4.78, 5) is 13.2. The predicted molar refractivity (Wildman–Crippen MR) is 66.8 cm³/mol. The summed E-state index contributed by atoms with van der Waals surface area (Å²) in [6.07, 6.45) is 2.69. The highest BCUT2D eigenvalue weighted by molar-refractivity contribution is 5.73. The first kappa shape index (κ1) is 12.6. The van der Waals surface area contributed by atoms with E-state index in [1.54, 1.807) is 6.07 Å². The molecule has 1 aliphatic heterocycles. The molecule has 1 atom stereocenters. The lowest BCUT2D eigenvalue weighted by molar-refractivity contribution is -0.144. The van der Waals surface area contributed by atoms with Crippen LogP contribution in [0.2, 0.25) is 0 Å². The molecule has 0 bridgehead atoms. The number of nitriles is 1. The lowest BCUT2D eigenvalue weighted by Crippen LogP contribution is -2.44. The first-order chi connectivity index (χ1) is 8.72. The van der Waals surface area contributed by atoms with Crippen molar-refractivity contribution in [2.45, 2.75) is 31.8 Å². The summed E-state index contributed by atoms with van der Waals surface area (Å²) in [6.45, 7) is 1.33. The van der Waals surface area contributed by atoms with Crippen LogP contribution in [0.1, 0.15) is 30.4 Å². The molecule has 0 aliphatic carbocycles. The Labute approximate surface area is 106 Å². The standard InChI is InChI=1S/C14H16N2O2/c15-9-11-5-1-2-6-12(11)10-16-8-4-3-7-13(16)14(17)18/h1-2,5-6,13H,3-4,7-8,10H2,(H,17,18)/t13-/m1/s1. The first-order valence-electron chi connectivity index (χ1n) is 6.17. The molecule has 0 unspecified atom stereocenters. The molecule has 1 heterocycles. The predicted octanol–water partition coefficient (Wildman–Crippen LogP) is 2.00. The molecule has 1 aromatic carbocycles. The minimum absolute atomic E-state index is 0.412. The van der Waals surface area contributed by atoms with E-state index >= 15 is 0 Å². The summed E-state index contributed by atoms with van der Waals surface area (Å²) in [5.74, 6) is -0.760. The van der Waals surface area contributed by atoms with E-state index in [2.05, 4.69) is 6.07 Å². The maximum Gasteiger partial charge on any atom is 0.320 e. The third-order valence-corrected chi connectivity index (χ3v) is 3.41. The van der Waals surface area contributed by atoms with Crippen LogP contribution in [0.4, 0.5) is 0 Å². The normalized spacial score (nSPS) is 20.3. The Morgan fingerprint density at radius 2 is 2.22 bits per heavy atom. The average molecular weight is 244 g/mol. The van der Waals surface area contributed by atoms with E-state index in [9.17, 15) is 9.90 Å². The highest BCUT2D eigenvalue weighted by Crippen LogP contribution is 2.21. The van der Waals surface area contributed by atoms with E-state index in [1.165, 1.54) is 0 Å². The van der Waals surface area contributed by atoms with Crippen LogP contribution >= 0.6 is 0 Å². The lowest BCUT2D eigenvalue weighted by Gasteiger charge is -2.33. The molecule has 4 heteroatoms. The van der Waals surface area contributed by atoms with Crippen molar-refractivity contribution in [2.75, 3.05) is 6.54 Å². The molecule has 1 fully saturated rings. The van der Waals surface area contributed by atoms with Crippen molar-refractivity contribution in [2.24, 2.45) is 0 Å². The van der Waals surface area contributed by atoms with Crippen LogP contribution in [-0.2, 0) is 11.3 Å². The van der Waals surface area contributed by atoms with Gasteiger partial charge in [0.25, 0.3) is 0 Å². The summed E-state index contributed by atoms with van der Waals surface area (Å²) >= 11 is 0. The smallest absolute Gasteiger partial charge is 0.320 e. The Kier molecular flexibility index (Phi) is 3.96. The van der Waals surface area contributed by atoms with Crippen molar-refractivity contribution >= 4 is 5.97 Å². The number of carbonyl (C=O) groups is 1. The van der Waals surface area contributed by atoms with Crippen LogP contribution in [0.3, 0.4) is 0 Å². The van der Waals surface area contributed by atoms with Gasteiger partial charge in [0.15, 0.2) is 0 Å². The second-order valence-corrected chi connectivity index (χ2v) is 4.59. The van der Waals surface area contributed by atoms with Gasteiger partial charge in [-0.15, -0.1) is 0 Å². The second-order valence-electron chi connectivity index (χ2n) is 4.59. The van der Waals surface area contributed by atoms with Gasteiger partial charge in [-0.05, 0) is 31.0 Å². The van der Waals surface area contributed by atoms with Gasteiger partial charge in [-0.3, -0.25) is 9.69 Å². The van der Waals surface area contributed by atoms with Crippen LogP contribution in [0.5, 0.6) is 0 Å². The molecule has 0 aromatic heterocycles. The van der Waals surface area contributed by atoms with E-state index in [-0.39, 0.29) is 0 Å². The number of piperidine rings is 1. The third-order valence-electron chi connectivity index (χ3n) is 3.41. The Morgan fingerprint density at radius 1 is 1.44 bits per heavy atom. The van der Waals surface area contributed by atoms with E-state index in [0.717, 1.165) is 24.9 Å². The van der Waals surface area contributed by atoms with E-state index in [1.807, 2.05) is 23.1 Å². The first-order valence-corrected chi connectivity index (χ1v) is 6.17. The van der Waals surface area contributed by atoms with Gasteiger partial charge < -0.3 is 5.11 Å². The molecular formula is C14H16N2O2. The van der Waals surface area contributed by atoms with Crippen molar-refractivity contribution in [1.29, 1.82) is 5.26 Å². The molecule has 1 aromatic rings. The number of rotatable bonds is 3. The van der Waals surface area contributed by atoms with Crippen LogP contribution < -0.4 is 0 Å². The van der Waals surface area contributed by atoms with E-state index < -0.39 is 12.0 Å². The Balaban J connectivity index is 2.16. The number of benzene rings is 1. The molecule has 0 saturated carbocycles. The zero-order valence-corrected chi connectivity index (χ0v) is 10.2. The van der Waals surface area contributed by atoms with Gasteiger partial charge >= 0.3 is 5.97 Å². The molecule has 18 heavy (non-hydrogen) atoms. The molecular weight excluding hydrogens is 228 g/mol. The summed E-state index contributed by atoms with van der Waals surface area (Å²) in [6, 6.07) is 9.12. The monoisotopic (exact) mass is 244 g/mol. The molecule has 0 radical (unpaired) electrons. The van der Waals surface area contributed by atoms with Gasteiger partial charge in [0.1, 0.15) is 6.04 Å². The molecule has 1 N–H and O–H groups in total. The molecule has 4 nitrogen and oxygen atoms in total. The van der Waals surface area contributed by atoms with Crippen molar-refractivity contribution in [3.8, 4) is 6.07 Å². The number of nitrogens with zero attached hydrogens (tertiary/aromatic N) is 2. The molecule has 1 saturated heterocycles. The Morgan fingerprint density at radius 3 is 2.94 bits per heavy atom. The topological polar surface area (TPSA) is 64.3 Å². The van der Waals surface area contributed by atoms with Crippen molar-refractivity contribution in [1.82, 2.24) is 4.90 Å². The molecule has 1 aliphatic rings. The van der Waals surface area contributed by atoms with Gasteiger partial charge in [-0.2, -0.15) is 5.26 Å². The van der Waals surface area contributed by atoms with Gasteiger partial charge in [0.2, 0.25) is 0 Å². The molecule has 2 rings (SSSR count). The average Bonchev–Trinajstić information content (AvgIpc) is 2.40. The summed E-state index contributed by atoms with van der Waals surface area (Å²) in [7, 11) is 0. The lowest BCUT2D eigenvalue weighted by atomic mass is 10.00. The zero-order chi connectivity index (χ0) is 13.0. The molecule has 0 amide bonds.